The first kappa shape index (κ1) is 117. The Morgan fingerprint density at radius 1 is 0.477 bits per heavy atom. The number of nitrogens with zero attached hydrogens (tertiary/aromatic N) is 4. The molecule has 32 heteroatoms. The highest BCUT2D eigenvalue weighted by Gasteiger charge is 2.32. The highest BCUT2D eigenvalue weighted by molar-refractivity contribution is 5.85. The number of aliphatic hydroxyl groups is 4. The van der Waals surface area contributed by atoms with Crippen LogP contribution in [0.4, 0.5) is 24.0 Å². The number of nitrogens with two attached hydrogens (primary N) is 2. The quantitative estimate of drug-likeness (QED) is 0.0109. The molecule has 0 bridgehead atoms. The van der Waals surface area contributed by atoms with Gasteiger partial charge in [0.2, 0.25) is 11.8 Å². The van der Waals surface area contributed by atoms with Gasteiger partial charge >= 0.3 is 42.2 Å². The molecule has 109 heavy (non-hydrogen) atoms. The van der Waals surface area contributed by atoms with Crippen LogP contribution in [0.5, 0.6) is 0 Å². The fourth-order valence-corrected chi connectivity index (χ4v) is 8.29. The molecule has 0 aliphatic rings. The van der Waals surface area contributed by atoms with Crippen molar-refractivity contribution in [2.45, 2.75) is 349 Å². The number of likely N-dealkylation sites (N-methyl/N-ethyl adjacent to an activating group) is 1. The number of carboxylic acids is 1. The van der Waals surface area contributed by atoms with Crippen molar-refractivity contribution in [2.24, 2.45) is 52.9 Å². The summed E-state index contributed by atoms with van der Waals surface area (Å²) in [4.78, 5) is 123. The number of carbonyl (C=O) groups is 10. The maximum Gasteiger partial charge on any atom is 0.408 e. The van der Waals surface area contributed by atoms with E-state index in [0.717, 1.165) is 17.8 Å². The first-order valence-corrected chi connectivity index (χ1v) is 37.3. The molecule has 0 fully saturated rings. The zero-order valence-electron chi connectivity index (χ0n) is 73.3. The van der Waals surface area contributed by atoms with Crippen LogP contribution in [0, 0.1) is 59.3 Å². The predicted molar refractivity (Wildman–Crippen MR) is 424 cm³/mol. The van der Waals surface area contributed by atoms with E-state index in [1.54, 1.807) is 110 Å². The maximum absolute atomic E-state index is 12.0. The molecule has 0 spiro atoms. The lowest BCUT2D eigenvalue weighted by Gasteiger charge is -2.26. The van der Waals surface area contributed by atoms with Gasteiger partial charge in [0.15, 0.2) is 12.2 Å². The van der Waals surface area contributed by atoms with E-state index in [0.29, 0.717) is 43.9 Å². The van der Waals surface area contributed by atoms with E-state index in [1.807, 2.05) is 90.0 Å². The zero-order chi connectivity index (χ0) is 88.3. The molecule has 9 atom stereocenters. The molecule has 14 N–H and O–H groups in total. The molecule has 8 amide bonds. The fraction of sp³-hybridized carbons (Fsp3) is 0.844. The summed E-state index contributed by atoms with van der Waals surface area (Å²) in [5, 5.41) is 67.9. The lowest BCUT2D eigenvalue weighted by atomic mass is 9.94. The zero-order valence-corrected chi connectivity index (χ0v) is 73.3. The van der Waals surface area contributed by atoms with Crippen LogP contribution in [-0.4, -0.2) is 212 Å². The molecule has 0 aliphatic carbocycles. The molecule has 0 saturated heterocycles. The number of nitriles is 1. The molecule has 0 aromatic heterocycles. The van der Waals surface area contributed by atoms with Crippen LogP contribution in [0.1, 0.15) is 267 Å². The van der Waals surface area contributed by atoms with Gasteiger partial charge in [0.1, 0.15) is 52.5 Å². The number of carboxylic acid groups (broad SMARTS) is 1. The third-order valence-corrected chi connectivity index (χ3v) is 12.9. The van der Waals surface area contributed by atoms with Gasteiger partial charge in [-0.25, -0.2) is 40.4 Å². The number of aldehydes is 1. The number of rotatable bonds is 29. The van der Waals surface area contributed by atoms with Crippen molar-refractivity contribution in [2.75, 3.05) is 33.8 Å². The number of nitrogens with one attached hydrogen (secondary N) is 5. The molecule has 0 saturated carbocycles. The first-order chi connectivity index (χ1) is 49.0. The van der Waals surface area contributed by atoms with Crippen LogP contribution >= 0.6 is 0 Å². The summed E-state index contributed by atoms with van der Waals surface area (Å²) >= 11 is 0. The number of amides is 8. The molecule has 0 rings (SSSR count). The Bertz CT molecular complexity index is 2620. The number of hydroxylamine groups is 2. The number of alkyl carbamates (subject to hydrolysis) is 5. The largest absolute Gasteiger partial charge is 0.480 e. The normalized spacial score (nSPS) is 13.8. The Hall–Kier alpha value is -7.36. The van der Waals surface area contributed by atoms with Gasteiger partial charge in [-0.05, 0) is 203 Å². The highest BCUT2D eigenvalue weighted by Crippen LogP contribution is 2.18. The molecule has 32 nitrogen and oxygen atoms in total. The molecule has 0 radical (unpaired) electrons. The maximum atomic E-state index is 12.0. The molecular formula is C77H153N11O21. The van der Waals surface area contributed by atoms with Gasteiger partial charge in [0.05, 0.1) is 31.3 Å². The molecule has 0 aromatic rings. The Kier molecular flexibility index (Phi) is 64.0. The molecule has 642 valence electrons. The fourth-order valence-electron chi connectivity index (χ4n) is 8.29. The van der Waals surface area contributed by atoms with E-state index < -0.39 is 131 Å². The SMILES string of the molecule is CC(C)C[C@@H](C=O)NC(=O)OC(C)(C)C.CC(C)C[C@H](C)C(O)C(N)=O.CC(C)C[C@H](NC(=O)OC(C)(C)C)C(=O)O.CC(C)C[C@H](NC(=O)OC(C)(C)C)C(O)C#N.CC(C)C[C@H](NC(=O)OC(C)(C)C)C(O)C(N)=O.CCN(CC)CC.CON(C)C(=O)[C@H](CC(C)C)NC(=O)OC(C)(C)C.[C-]#[N+]C(C)(C)O. The Morgan fingerprint density at radius 2 is 0.752 bits per heavy atom. The second-order valence-electron chi connectivity index (χ2n) is 33.9. The van der Waals surface area contributed by atoms with E-state index in [2.05, 4.69) is 57.1 Å². The van der Waals surface area contributed by atoms with Crippen LogP contribution in [0.25, 0.3) is 4.85 Å². The number of primary amides is 2. The first-order valence-electron chi connectivity index (χ1n) is 37.3. The number of hydrogen-bond acceptors (Lipinski definition) is 22. The minimum atomic E-state index is -1.42. The smallest absolute Gasteiger partial charge is 0.408 e. The number of aliphatic hydroxyl groups excluding tert-OH is 3. The number of hydrogen-bond donors (Lipinski definition) is 12. The van der Waals surface area contributed by atoms with Crippen molar-refractivity contribution in [3.63, 3.8) is 0 Å². The second kappa shape index (κ2) is 59.5. The topological polar surface area (TPSA) is 474 Å². The van der Waals surface area contributed by atoms with Crippen molar-refractivity contribution >= 4 is 60.4 Å². The van der Waals surface area contributed by atoms with E-state index in [4.69, 9.17) is 67.1 Å². The standard InChI is InChI=1S/C13H26N2O4.C12H24N2O4.C12H22N2O3.C11H21NO4.C11H21NO3.C8H17NO2.C6H15N.C4H7NO/c1-9(2)8-10(11(16)15(6)18-7)14-12(17)19-13(3,4)5;1-7(2)6-8(9(15)10(13)16)14-11(17)18-12(3,4)5;1-8(2)6-9(10(15)7-13)14-11(16)17-12(3,4)5;1-7(2)6-8(9(13)14)12-10(15)16-11(3,4)5;1-8(2)6-9(7-13)12-10(14)15-11(3,4)5;1-5(2)4-6(3)7(10)8(9)11;1-4-7(5-2)6-3;1-4(2,6)5-3/h9-10H,8H2,1-7H3,(H,14,17);7-9,15H,6H2,1-5H3,(H2,13,16)(H,14,17);8-10,15H,6H2,1-5H3,(H,14,16);7-8H,6H2,1-5H3,(H,12,15)(H,13,14);7-9H,6H2,1-5H3,(H,12,14);5-7,10H,4H2,1-3H3,(H2,9,11);4-6H2,1-3H3;6H,1-2H3/t10-;8-,9?;9-,10?;8-;9-;6-,7?;;/m000000../s1. The van der Waals surface area contributed by atoms with E-state index in [-0.39, 0.29) is 35.5 Å². The number of aliphatic carboxylic acids is 1. The van der Waals surface area contributed by atoms with Crippen LogP contribution in [-0.2, 0) is 52.5 Å². The number of carbonyl (C=O) groups excluding carboxylic acids is 9. The predicted octanol–water partition coefficient (Wildman–Crippen LogP) is 11.2. The van der Waals surface area contributed by atoms with Gasteiger partial charge in [-0.15, -0.1) is 0 Å². The van der Waals surface area contributed by atoms with Crippen molar-refractivity contribution in [3.05, 3.63) is 11.4 Å². The van der Waals surface area contributed by atoms with Crippen molar-refractivity contribution in [3.8, 4) is 6.07 Å². The third kappa shape index (κ3) is 83.0. The minimum absolute atomic E-state index is 0.0347. The lowest BCUT2D eigenvalue weighted by Crippen LogP contribution is -2.50. The van der Waals surface area contributed by atoms with Gasteiger partial charge in [-0.1, -0.05) is 111 Å². The Balaban J connectivity index is -0.000000182. The van der Waals surface area contributed by atoms with E-state index >= 15 is 0 Å². The number of ether oxygens (including phenoxy) is 5. The van der Waals surface area contributed by atoms with Crippen LogP contribution in [0.3, 0.4) is 0 Å². The summed E-state index contributed by atoms with van der Waals surface area (Å²) in [5.74, 6) is -1.12. The average molecular weight is 1570 g/mol. The van der Waals surface area contributed by atoms with Gasteiger partial charge in [-0.2, -0.15) is 5.26 Å². The van der Waals surface area contributed by atoms with Crippen LogP contribution in [0.15, 0.2) is 0 Å². The summed E-state index contributed by atoms with van der Waals surface area (Å²) in [6.45, 7) is 70.9. The molecule has 0 aromatic carbocycles. The van der Waals surface area contributed by atoms with Crippen molar-refractivity contribution < 1.29 is 102 Å². The molecular weight excluding hydrogens is 1410 g/mol. The van der Waals surface area contributed by atoms with Gasteiger partial charge < -0.3 is 97.0 Å². The molecule has 0 heterocycles. The second-order valence-corrected chi connectivity index (χ2v) is 33.9. The monoisotopic (exact) mass is 1570 g/mol. The van der Waals surface area contributed by atoms with Crippen molar-refractivity contribution in [1.29, 1.82) is 5.26 Å². The van der Waals surface area contributed by atoms with E-state index in [1.165, 1.54) is 47.6 Å². The van der Waals surface area contributed by atoms with E-state index in [9.17, 15) is 58.2 Å². The van der Waals surface area contributed by atoms with Crippen molar-refractivity contribution in [1.82, 2.24) is 36.5 Å². The summed E-state index contributed by atoms with van der Waals surface area (Å²) in [7, 11) is 2.91. The highest BCUT2D eigenvalue weighted by atomic mass is 16.7. The van der Waals surface area contributed by atoms with Crippen LogP contribution < -0.4 is 38.1 Å². The van der Waals surface area contributed by atoms with Gasteiger partial charge in [0, 0.05) is 20.9 Å². The molecule has 0 aliphatic heterocycles. The minimum Gasteiger partial charge on any atom is -0.480 e. The summed E-state index contributed by atoms with van der Waals surface area (Å²) in [6.07, 6.45) is -2.70. The summed E-state index contributed by atoms with van der Waals surface area (Å²) in [5.41, 5.74) is 5.82. The Labute approximate surface area is 655 Å². The van der Waals surface area contributed by atoms with Gasteiger partial charge in [-0.3, -0.25) is 24.1 Å². The summed E-state index contributed by atoms with van der Waals surface area (Å²) < 4.78 is 25.3. The summed E-state index contributed by atoms with van der Waals surface area (Å²) in [6, 6.07) is -1.62. The lowest BCUT2D eigenvalue weighted by molar-refractivity contribution is -0.171. The molecule has 3 unspecified atom stereocenters. The van der Waals surface area contributed by atoms with Gasteiger partial charge in [0.25, 0.3) is 5.91 Å². The Morgan fingerprint density at radius 3 is 0.991 bits per heavy atom. The van der Waals surface area contributed by atoms with Crippen LogP contribution in [0.2, 0.25) is 0 Å². The average Bonchev–Trinajstić information content (AvgIpc) is 0.893. The third-order valence-electron chi connectivity index (χ3n) is 12.9.